The Kier molecular flexibility index (Phi) is 4.13. The van der Waals surface area contributed by atoms with Gasteiger partial charge in [0.1, 0.15) is 6.61 Å². The van der Waals surface area contributed by atoms with Crippen molar-refractivity contribution in [2.75, 3.05) is 32.8 Å². The van der Waals surface area contributed by atoms with Gasteiger partial charge in [0.15, 0.2) is 11.9 Å². The van der Waals surface area contributed by atoms with Crippen molar-refractivity contribution in [3.63, 3.8) is 0 Å². The van der Waals surface area contributed by atoms with Crippen LogP contribution in [-0.4, -0.2) is 42.7 Å². The number of piperazine rings is 1. The molecular weight excluding hydrogens is 290 g/mol. The predicted molar refractivity (Wildman–Crippen MR) is 87.7 cm³/mol. The van der Waals surface area contributed by atoms with Gasteiger partial charge in [-0.2, -0.15) is 0 Å². The van der Waals surface area contributed by atoms with Crippen molar-refractivity contribution in [2.45, 2.75) is 12.6 Å². The minimum atomic E-state index is -0.0920. The molecule has 120 valence electrons. The van der Waals surface area contributed by atoms with Gasteiger partial charge < -0.3 is 14.8 Å². The highest BCUT2D eigenvalue weighted by molar-refractivity contribution is 5.35. The highest BCUT2D eigenvalue weighted by atomic mass is 16.6. The zero-order valence-electron chi connectivity index (χ0n) is 13.1. The van der Waals surface area contributed by atoms with E-state index in [4.69, 9.17) is 9.47 Å². The second-order valence-corrected chi connectivity index (χ2v) is 5.99. The van der Waals surface area contributed by atoms with Crippen LogP contribution in [0.4, 0.5) is 0 Å². The van der Waals surface area contributed by atoms with Crippen LogP contribution < -0.4 is 14.8 Å². The first-order chi connectivity index (χ1) is 11.4. The maximum atomic E-state index is 5.95. The summed E-state index contributed by atoms with van der Waals surface area (Å²) in [5.74, 6) is 1.30. The van der Waals surface area contributed by atoms with Crippen molar-refractivity contribution in [3.05, 3.63) is 53.7 Å². The molecule has 0 bridgehead atoms. The number of fused-ring (bicyclic) bond motifs is 1. The predicted octanol–water partition coefficient (Wildman–Crippen LogP) is 2.00. The molecule has 2 aliphatic rings. The highest BCUT2D eigenvalue weighted by Gasteiger charge is 2.23. The summed E-state index contributed by atoms with van der Waals surface area (Å²) in [6, 6.07) is 12.4. The number of nitrogens with one attached hydrogen (secondary N) is 1. The van der Waals surface area contributed by atoms with Gasteiger partial charge >= 0.3 is 0 Å². The molecule has 2 aromatic rings. The normalized spacial score (nSPS) is 21.1. The van der Waals surface area contributed by atoms with Gasteiger partial charge in [0, 0.05) is 38.9 Å². The Labute approximate surface area is 136 Å². The van der Waals surface area contributed by atoms with E-state index in [1.165, 1.54) is 5.56 Å². The molecule has 5 nitrogen and oxygen atoms in total. The lowest BCUT2D eigenvalue weighted by Crippen LogP contribution is -2.42. The molecule has 1 aromatic heterocycles. The Morgan fingerprint density at radius 1 is 1.13 bits per heavy atom. The standard InChI is InChI=1S/C18H21N3O2/c1-2-16-18(20-7-1)23-17(13-22-16)15-5-3-14(4-6-15)12-21-10-8-19-9-11-21/h1-7,17,19H,8-13H2/t17-/m1/s1. The van der Waals surface area contributed by atoms with Crippen LogP contribution in [0.25, 0.3) is 0 Å². The number of nitrogens with zero attached hydrogens (tertiary/aromatic N) is 2. The fourth-order valence-corrected chi connectivity index (χ4v) is 3.04. The molecule has 1 saturated heterocycles. The monoisotopic (exact) mass is 311 g/mol. The van der Waals surface area contributed by atoms with Gasteiger partial charge in [0.25, 0.3) is 5.88 Å². The number of aromatic nitrogens is 1. The Hall–Kier alpha value is -2.11. The van der Waals surface area contributed by atoms with Crippen LogP contribution in [-0.2, 0) is 6.54 Å². The third-order valence-electron chi connectivity index (χ3n) is 4.35. The molecule has 2 aliphatic heterocycles. The molecule has 1 atom stereocenters. The largest absolute Gasteiger partial charge is 0.484 e. The Morgan fingerprint density at radius 2 is 1.96 bits per heavy atom. The summed E-state index contributed by atoms with van der Waals surface area (Å²) in [6.07, 6.45) is 1.63. The molecule has 1 aromatic carbocycles. The summed E-state index contributed by atoms with van der Waals surface area (Å²) in [5, 5.41) is 3.38. The summed E-state index contributed by atoms with van der Waals surface area (Å²) in [7, 11) is 0. The average molecular weight is 311 g/mol. The van der Waals surface area contributed by atoms with E-state index >= 15 is 0 Å². The van der Waals surface area contributed by atoms with Gasteiger partial charge in [-0.15, -0.1) is 0 Å². The summed E-state index contributed by atoms with van der Waals surface area (Å²) in [5.41, 5.74) is 2.47. The minimum Gasteiger partial charge on any atom is -0.484 e. The second kappa shape index (κ2) is 6.56. The van der Waals surface area contributed by atoms with Gasteiger partial charge in [-0.05, 0) is 23.3 Å². The van der Waals surface area contributed by atoms with Crippen LogP contribution in [0.5, 0.6) is 11.6 Å². The molecule has 0 amide bonds. The minimum absolute atomic E-state index is 0.0920. The molecule has 0 saturated carbocycles. The van der Waals surface area contributed by atoms with Crippen molar-refractivity contribution >= 4 is 0 Å². The highest BCUT2D eigenvalue weighted by Crippen LogP contribution is 2.33. The van der Waals surface area contributed by atoms with E-state index in [9.17, 15) is 0 Å². The van der Waals surface area contributed by atoms with Crippen LogP contribution in [0.15, 0.2) is 42.6 Å². The quantitative estimate of drug-likeness (QED) is 0.939. The summed E-state index contributed by atoms with van der Waals surface area (Å²) in [6.45, 7) is 5.92. The lowest BCUT2D eigenvalue weighted by atomic mass is 10.1. The Morgan fingerprint density at radius 3 is 2.78 bits per heavy atom. The van der Waals surface area contributed by atoms with Crippen molar-refractivity contribution in [1.29, 1.82) is 0 Å². The maximum Gasteiger partial charge on any atom is 0.257 e. The average Bonchev–Trinajstić information content (AvgIpc) is 2.63. The lowest BCUT2D eigenvalue weighted by molar-refractivity contribution is 0.0851. The number of rotatable bonds is 3. The molecule has 5 heteroatoms. The van der Waals surface area contributed by atoms with Gasteiger partial charge in [0.2, 0.25) is 0 Å². The van der Waals surface area contributed by atoms with Gasteiger partial charge in [-0.1, -0.05) is 24.3 Å². The zero-order valence-corrected chi connectivity index (χ0v) is 13.1. The van der Waals surface area contributed by atoms with Gasteiger partial charge in [-0.25, -0.2) is 4.98 Å². The molecule has 4 rings (SSSR count). The van der Waals surface area contributed by atoms with E-state index in [1.807, 2.05) is 12.1 Å². The zero-order chi connectivity index (χ0) is 15.5. The van der Waals surface area contributed by atoms with Crippen LogP contribution in [0.3, 0.4) is 0 Å². The van der Waals surface area contributed by atoms with Crippen molar-refractivity contribution in [3.8, 4) is 11.6 Å². The first kappa shape index (κ1) is 14.5. The second-order valence-electron chi connectivity index (χ2n) is 5.99. The first-order valence-electron chi connectivity index (χ1n) is 8.15. The molecule has 0 unspecified atom stereocenters. The number of ether oxygens (including phenoxy) is 2. The van der Waals surface area contributed by atoms with Gasteiger partial charge in [0.05, 0.1) is 0 Å². The summed E-state index contributed by atoms with van der Waals surface area (Å²) < 4.78 is 11.7. The fraction of sp³-hybridized carbons (Fsp3) is 0.389. The van der Waals surface area contributed by atoms with Crippen molar-refractivity contribution < 1.29 is 9.47 Å². The molecule has 3 heterocycles. The van der Waals surface area contributed by atoms with Gasteiger partial charge in [-0.3, -0.25) is 4.90 Å². The molecule has 23 heavy (non-hydrogen) atoms. The molecule has 0 aliphatic carbocycles. The molecular formula is C18H21N3O2. The van der Waals surface area contributed by atoms with E-state index in [-0.39, 0.29) is 6.10 Å². The fourth-order valence-electron chi connectivity index (χ4n) is 3.04. The van der Waals surface area contributed by atoms with E-state index < -0.39 is 0 Å². The van der Waals surface area contributed by atoms with Crippen LogP contribution in [0.2, 0.25) is 0 Å². The van der Waals surface area contributed by atoms with E-state index in [1.54, 1.807) is 6.20 Å². The number of hydrogen-bond donors (Lipinski definition) is 1. The van der Waals surface area contributed by atoms with Crippen LogP contribution >= 0.6 is 0 Å². The van der Waals surface area contributed by atoms with E-state index in [2.05, 4.69) is 39.5 Å². The number of pyridine rings is 1. The molecule has 1 fully saturated rings. The molecule has 0 radical (unpaired) electrons. The number of hydrogen-bond acceptors (Lipinski definition) is 5. The third-order valence-corrected chi connectivity index (χ3v) is 4.35. The van der Waals surface area contributed by atoms with E-state index in [0.29, 0.717) is 12.5 Å². The molecule has 0 spiro atoms. The smallest absolute Gasteiger partial charge is 0.257 e. The summed E-state index contributed by atoms with van der Waals surface area (Å²) in [4.78, 5) is 6.71. The first-order valence-corrected chi connectivity index (χ1v) is 8.15. The molecule has 1 N–H and O–H groups in total. The van der Waals surface area contributed by atoms with Crippen molar-refractivity contribution in [2.24, 2.45) is 0 Å². The number of benzene rings is 1. The van der Waals surface area contributed by atoms with E-state index in [0.717, 1.165) is 44.0 Å². The maximum absolute atomic E-state index is 5.95. The third kappa shape index (κ3) is 3.30. The van der Waals surface area contributed by atoms with Crippen molar-refractivity contribution in [1.82, 2.24) is 15.2 Å². The summed E-state index contributed by atoms with van der Waals surface area (Å²) >= 11 is 0. The Balaban J connectivity index is 1.42. The van der Waals surface area contributed by atoms with Crippen LogP contribution in [0, 0.1) is 0 Å². The SMILES string of the molecule is c1cnc2c(c1)OC[C@H](c1ccc(CN3CCNCC3)cc1)O2. The topological polar surface area (TPSA) is 46.6 Å². The Bertz CT molecular complexity index is 654. The van der Waals surface area contributed by atoms with Crippen LogP contribution in [0.1, 0.15) is 17.2 Å². The lowest BCUT2D eigenvalue weighted by Gasteiger charge is -2.28.